The smallest absolute Gasteiger partial charge is 0.269 e. The van der Waals surface area contributed by atoms with Gasteiger partial charge in [0, 0.05) is 5.92 Å². The largest absolute Gasteiger partial charge is 0.341 e. The second-order valence-electron chi connectivity index (χ2n) is 6.93. The van der Waals surface area contributed by atoms with Gasteiger partial charge in [-0.2, -0.15) is 5.10 Å². The van der Waals surface area contributed by atoms with Crippen LogP contribution in [0.5, 0.6) is 0 Å². The third-order valence-electron chi connectivity index (χ3n) is 5.16. The molecular formula is C16H23N7O. The van der Waals surface area contributed by atoms with Crippen LogP contribution in [0.3, 0.4) is 0 Å². The van der Waals surface area contributed by atoms with Gasteiger partial charge in [0.1, 0.15) is 23.7 Å². The summed E-state index contributed by atoms with van der Waals surface area (Å²) in [6.07, 6.45) is 6.16. The Morgan fingerprint density at radius 1 is 1.33 bits per heavy atom. The summed E-state index contributed by atoms with van der Waals surface area (Å²) in [7, 11) is 2.14. The van der Waals surface area contributed by atoms with Gasteiger partial charge < -0.3 is 15.2 Å². The molecule has 2 atom stereocenters. The lowest BCUT2D eigenvalue weighted by atomic mass is 9.97. The van der Waals surface area contributed by atoms with Gasteiger partial charge in [-0.15, -0.1) is 0 Å². The highest BCUT2D eigenvalue weighted by Crippen LogP contribution is 2.31. The van der Waals surface area contributed by atoms with Gasteiger partial charge in [-0.05, 0) is 46.3 Å². The molecule has 0 bridgehead atoms. The summed E-state index contributed by atoms with van der Waals surface area (Å²) in [5.74, 6) is 2.04. The average molecular weight is 329 g/mol. The zero-order chi connectivity index (χ0) is 16.7. The molecule has 2 N–H and O–H groups in total. The van der Waals surface area contributed by atoms with Crippen LogP contribution in [0.25, 0.3) is 0 Å². The first-order valence-corrected chi connectivity index (χ1v) is 8.55. The Morgan fingerprint density at radius 2 is 2.12 bits per heavy atom. The molecule has 1 saturated heterocycles. The fraction of sp³-hybridized carbons (Fsp3) is 0.625. The Labute approximate surface area is 140 Å². The Hall–Kier alpha value is -2.22. The number of carbonyl (C=O) groups is 1. The molecule has 0 saturated carbocycles. The number of hydrogen-bond acceptors (Lipinski definition) is 5. The number of aromatic amines is 1. The minimum Gasteiger partial charge on any atom is -0.341 e. The first kappa shape index (κ1) is 15.3. The number of nitrogens with zero attached hydrogens (tertiary/aromatic N) is 5. The summed E-state index contributed by atoms with van der Waals surface area (Å²) in [5, 5.41) is 7.26. The second-order valence-corrected chi connectivity index (χ2v) is 6.93. The van der Waals surface area contributed by atoms with E-state index in [1.165, 1.54) is 0 Å². The molecule has 0 radical (unpaired) electrons. The number of carbonyl (C=O) groups excluding carboxylic acids is 1. The van der Waals surface area contributed by atoms with Crippen molar-refractivity contribution < 1.29 is 4.79 Å². The van der Waals surface area contributed by atoms with Gasteiger partial charge in [0.15, 0.2) is 0 Å². The molecule has 2 aliphatic heterocycles. The third-order valence-corrected chi connectivity index (χ3v) is 5.16. The lowest BCUT2D eigenvalue weighted by Crippen LogP contribution is -2.30. The lowest BCUT2D eigenvalue weighted by Gasteiger charge is -2.27. The van der Waals surface area contributed by atoms with Crippen molar-refractivity contribution in [3.05, 3.63) is 29.9 Å². The van der Waals surface area contributed by atoms with E-state index in [1.54, 1.807) is 12.5 Å². The number of imidazole rings is 1. The molecule has 24 heavy (non-hydrogen) atoms. The van der Waals surface area contributed by atoms with Crippen molar-refractivity contribution >= 4 is 5.91 Å². The van der Waals surface area contributed by atoms with E-state index in [0.717, 1.165) is 44.0 Å². The minimum atomic E-state index is -0.129. The molecule has 1 amide bonds. The lowest BCUT2D eigenvalue weighted by molar-refractivity contribution is 0.0930. The number of rotatable bonds is 3. The quantitative estimate of drug-likeness (QED) is 0.884. The normalized spacial score (nSPS) is 24.9. The van der Waals surface area contributed by atoms with Crippen LogP contribution in [0.2, 0.25) is 0 Å². The molecule has 2 unspecified atom stereocenters. The molecule has 2 aromatic rings. The van der Waals surface area contributed by atoms with E-state index >= 15 is 0 Å². The molecule has 1 fully saturated rings. The zero-order valence-electron chi connectivity index (χ0n) is 14.1. The molecule has 128 valence electrons. The number of hydrogen-bond donors (Lipinski definition) is 2. The highest BCUT2D eigenvalue weighted by molar-refractivity contribution is 5.92. The van der Waals surface area contributed by atoms with Crippen molar-refractivity contribution in [3.63, 3.8) is 0 Å². The second kappa shape index (κ2) is 6.01. The van der Waals surface area contributed by atoms with E-state index in [9.17, 15) is 4.79 Å². The number of nitrogens with one attached hydrogen (secondary N) is 2. The monoisotopic (exact) mass is 329 g/mol. The van der Waals surface area contributed by atoms with Gasteiger partial charge in [0.2, 0.25) is 0 Å². The Morgan fingerprint density at radius 3 is 2.92 bits per heavy atom. The van der Waals surface area contributed by atoms with Crippen LogP contribution in [0.1, 0.15) is 66.3 Å². The van der Waals surface area contributed by atoms with Crippen molar-refractivity contribution in [2.45, 2.75) is 44.2 Å². The molecule has 4 heterocycles. The number of piperidine rings is 1. The topological polar surface area (TPSA) is 91.7 Å². The first-order chi connectivity index (χ1) is 11.6. The maximum Gasteiger partial charge on any atom is 0.269 e. The van der Waals surface area contributed by atoms with E-state index in [1.807, 2.05) is 4.68 Å². The summed E-state index contributed by atoms with van der Waals surface area (Å²) in [6.45, 7) is 4.23. The molecule has 2 aliphatic rings. The van der Waals surface area contributed by atoms with Crippen LogP contribution in [0, 0.1) is 0 Å². The number of likely N-dealkylation sites (tertiary alicyclic amines) is 1. The van der Waals surface area contributed by atoms with Crippen LogP contribution < -0.4 is 5.32 Å². The molecular weight excluding hydrogens is 306 g/mol. The molecule has 8 nitrogen and oxygen atoms in total. The molecule has 8 heteroatoms. The third kappa shape index (κ3) is 2.71. The predicted molar refractivity (Wildman–Crippen MR) is 87.6 cm³/mol. The average Bonchev–Trinajstić information content (AvgIpc) is 3.28. The van der Waals surface area contributed by atoms with Crippen molar-refractivity contribution in [1.29, 1.82) is 0 Å². The van der Waals surface area contributed by atoms with Crippen molar-refractivity contribution in [3.8, 4) is 0 Å². The predicted octanol–water partition coefficient (Wildman–Crippen LogP) is 1.25. The molecule has 0 aromatic carbocycles. The van der Waals surface area contributed by atoms with Crippen LogP contribution in [-0.4, -0.2) is 55.7 Å². The number of H-pyrrole nitrogens is 1. The molecule has 2 aromatic heterocycles. The highest BCUT2D eigenvalue weighted by atomic mass is 16.2. The van der Waals surface area contributed by atoms with Crippen LogP contribution in [-0.2, 0) is 0 Å². The fourth-order valence-electron chi connectivity index (χ4n) is 3.70. The van der Waals surface area contributed by atoms with E-state index in [-0.39, 0.29) is 18.0 Å². The Balaban J connectivity index is 1.43. The fourth-order valence-corrected chi connectivity index (χ4v) is 3.70. The summed E-state index contributed by atoms with van der Waals surface area (Å²) in [6, 6.07) is 0.162. The highest BCUT2D eigenvalue weighted by Gasteiger charge is 2.32. The van der Waals surface area contributed by atoms with E-state index in [0.29, 0.717) is 11.6 Å². The van der Waals surface area contributed by atoms with Crippen molar-refractivity contribution in [1.82, 2.24) is 34.9 Å². The summed E-state index contributed by atoms with van der Waals surface area (Å²) >= 11 is 0. The number of amides is 1. The van der Waals surface area contributed by atoms with Gasteiger partial charge in [-0.1, -0.05) is 0 Å². The SMILES string of the molecule is CC1CC(NC(=O)c2cnc(C3CCN(C)CC3)[nH]2)c2ncnn21. The van der Waals surface area contributed by atoms with Crippen molar-refractivity contribution in [2.24, 2.45) is 0 Å². The van der Waals surface area contributed by atoms with Crippen LogP contribution in [0.15, 0.2) is 12.5 Å². The van der Waals surface area contributed by atoms with Gasteiger partial charge in [0.25, 0.3) is 5.91 Å². The van der Waals surface area contributed by atoms with E-state index < -0.39 is 0 Å². The number of aromatic nitrogens is 5. The molecule has 4 rings (SSSR count). The standard InChI is InChI=1S/C16H23N7O/c1-10-7-12(15-18-9-19-23(10)15)21-16(24)13-8-17-14(20-13)11-3-5-22(2)6-4-11/h8-12H,3-7H2,1-2H3,(H,17,20)(H,21,24). The van der Waals surface area contributed by atoms with Gasteiger partial charge >= 0.3 is 0 Å². The Bertz CT molecular complexity index is 728. The van der Waals surface area contributed by atoms with Gasteiger partial charge in [-0.25, -0.2) is 14.6 Å². The van der Waals surface area contributed by atoms with Gasteiger partial charge in [-0.3, -0.25) is 4.79 Å². The van der Waals surface area contributed by atoms with Crippen LogP contribution >= 0.6 is 0 Å². The maximum absolute atomic E-state index is 12.5. The zero-order valence-corrected chi connectivity index (χ0v) is 14.1. The molecule has 0 spiro atoms. The molecule has 0 aliphatic carbocycles. The summed E-state index contributed by atoms with van der Waals surface area (Å²) in [5.41, 5.74) is 0.523. The van der Waals surface area contributed by atoms with Crippen LogP contribution in [0.4, 0.5) is 0 Å². The summed E-state index contributed by atoms with van der Waals surface area (Å²) in [4.78, 5) is 26.8. The van der Waals surface area contributed by atoms with E-state index in [4.69, 9.17) is 0 Å². The Kier molecular flexibility index (Phi) is 3.84. The summed E-state index contributed by atoms with van der Waals surface area (Å²) < 4.78 is 1.88. The maximum atomic E-state index is 12.5. The van der Waals surface area contributed by atoms with Gasteiger partial charge in [0.05, 0.1) is 18.3 Å². The number of fused-ring (bicyclic) bond motifs is 1. The first-order valence-electron chi connectivity index (χ1n) is 8.55. The minimum absolute atomic E-state index is 0.0925. The van der Waals surface area contributed by atoms with Crippen molar-refractivity contribution in [2.75, 3.05) is 20.1 Å². The van der Waals surface area contributed by atoms with E-state index in [2.05, 4.69) is 44.2 Å².